The van der Waals surface area contributed by atoms with Crippen molar-refractivity contribution in [3.05, 3.63) is 61.5 Å². The van der Waals surface area contributed by atoms with E-state index in [0.29, 0.717) is 32.1 Å². The third-order valence-corrected chi connectivity index (χ3v) is 10.0. The molecule has 0 saturated carbocycles. The van der Waals surface area contributed by atoms with Crippen LogP contribution in [0.3, 0.4) is 0 Å². The molecule has 2 atom stereocenters. The summed E-state index contributed by atoms with van der Waals surface area (Å²) in [5.74, 6) is -1.43. The van der Waals surface area contributed by atoms with Gasteiger partial charge in [-0.05, 0) is 81.8 Å². The highest BCUT2D eigenvalue weighted by atomic mass is 16.6. The van der Waals surface area contributed by atoms with E-state index in [0.717, 1.165) is 76.6 Å². The van der Waals surface area contributed by atoms with E-state index < -0.39 is 5.92 Å². The lowest BCUT2D eigenvalue weighted by Gasteiger charge is -2.32. The van der Waals surface area contributed by atoms with Gasteiger partial charge < -0.3 is 19.1 Å². The fourth-order valence-corrected chi connectivity index (χ4v) is 6.21. The second-order valence-electron chi connectivity index (χ2n) is 14.5. The van der Waals surface area contributed by atoms with Gasteiger partial charge in [0.1, 0.15) is 19.8 Å². The summed E-state index contributed by atoms with van der Waals surface area (Å²) in [6, 6.07) is 3.95. The quantitative estimate of drug-likeness (QED) is 0.0367. The summed E-state index contributed by atoms with van der Waals surface area (Å²) < 4.78 is 17.0. The molecule has 0 bridgehead atoms. The molecule has 1 aromatic heterocycles. The van der Waals surface area contributed by atoms with Gasteiger partial charge >= 0.3 is 17.9 Å². The first kappa shape index (κ1) is 43.7. The van der Waals surface area contributed by atoms with E-state index in [2.05, 4.69) is 61.5 Å². The maximum atomic E-state index is 13.0. The first-order chi connectivity index (χ1) is 24.8. The average Bonchev–Trinajstić information content (AvgIpc) is 3.15. The standard InChI is InChI=1S/C43H68N2O6/c1-5-8-9-10-11-12-13-14-15-16-17-18-19-20-21-22-40(46)49-34-37(35-50-41(47)23-29-43(4,7-3)28-6-2)36-51-42(48)38-26-32-45(33-27-38)39-24-30-44-31-25-39/h6,11-12,14-15,24-25,30-31,37-38H,2,5,7-10,13,16-23,26-29,32-36H2,1,3-4H3/b12-11-,15-14-. The number of nitrogens with zero attached hydrogens (tertiary/aromatic N) is 2. The number of rotatable bonds is 28. The number of aromatic nitrogens is 1. The highest BCUT2D eigenvalue weighted by Gasteiger charge is 2.28. The molecular weight excluding hydrogens is 640 g/mol. The van der Waals surface area contributed by atoms with Crippen LogP contribution in [0.5, 0.6) is 0 Å². The number of carbonyl (C=O) groups is 3. The van der Waals surface area contributed by atoms with Gasteiger partial charge in [-0.15, -0.1) is 6.58 Å². The first-order valence-electron chi connectivity index (χ1n) is 19.8. The number of carbonyl (C=O) groups excluding carboxylic acids is 3. The molecule has 0 aliphatic carbocycles. The highest BCUT2D eigenvalue weighted by molar-refractivity contribution is 5.73. The Morgan fingerprint density at radius 3 is 2.06 bits per heavy atom. The smallest absolute Gasteiger partial charge is 0.309 e. The molecule has 0 amide bonds. The predicted octanol–water partition coefficient (Wildman–Crippen LogP) is 10.1. The van der Waals surface area contributed by atoms with Crippen molar-refractivity contribution in [2.24, 2.45) is 17.3 Å². The van der Waals surface area contributed by atoms with Gasteiger partial charge in [-0.25, -0.2) is 0 Å². The summed E-state index contributed by atoms with van der Waals surface area (Å²) in [4.78, 5) is 44.6. The van der Waals surface area contributed by atoms with Gasteiger partial charge in [0.25, 0.3) is 0 Å². The van der Waals surface area contributed by atoms with Crippen molar-refractivity contribution in [1.82, 2.24) is 4.98 Å². The van der Waals surface area contributed by atoms with Gasteiger partial charge in [0.05, 0.1) is 11.8 Å². The zero-order chi connectivity index (χ0) is 37.0. The number of esters is 3. The Bertz CT molecular complexity index is 1160. The second-order valence-corrected chi connectivity index (χ2v) is 14.5. The van der Waals surface area contributed by atoms with Crippen molar-refractivity contribution in [2.45, 2.75) is 136 Å². The number of allylic oxidation sites excluding steroid dienone is 5. The molecule has 1 aromatic rings. The summed E-state index contributed by atoms with van der Waals surface area (Å²) >= 11 is 0. The number of unbranched alkanes of at least 4 members (excludes halogenated alkanes) is 8. The van der Waals surface area contributed by atoms with E-state index in [-0.39, 0.29) is 49.1 Å². The van der Waals surface area contributed by atoms with Gasteiger partial charge in [0.2, 0.25) is 0 Å². The monoisotopic (exact) mass is 709 g/mol. The number of pyridine rings is 1. The van der Waals surface area contributed by atoms with Crippen molar-refractivity contribution in [2.75, 3.05) is 37.8 Å². The fraction of sp³-hybridized carbons (Fsp3) is 0.674. The summed E-state index contributed by atoms with van der Waals surface area (Å²) in [7, 11) is 0. The van der Waals surface area contributed by atoms with Crippen LogP contribution in [0.25, 0.3) is 0 Å². The first-order valence-corrected chi connectivity index (χ1v) is 19.8. The molecule has 1 aliphatic heterocycles. The summed E-state index contributed by atoms with van der Waals surface area (Å²) in [6.45, 7) is 12.0. The molecule has 0 aromatic carbocycles. The van der Waals surface area contributed by atoms with E-state index in [1.54, 1.807) is 12.4 Å². The minimum atomic E-state index is -0.422. The van der Waals surface area contributed by atoms with Crippen LogP contribution in [0.15, 0.2) is 61.5 Å². The highest BCUT2D eigenvalue weighted by Crippen LogP contribution is 2.32. The Balaban J connectivity index is 1.72. The molecule has 2 heterocycles. The van der Waals surface area contributed by atoms with E-state index in [4.69, 9.17) is 14.2 Å². The van der Waals surface area contributed by atoms with E-state index in [1.807, 2.05) is 18.2 Å². The molecular formula is C43H68N2O6. The van der Waals surface area contributed by atoms with Crippen LogP contribution in [-0.4, -0.2) is 55.8 Å². The molecule has 2 unspecified atom stereocenters. The van der Waals surface area contributed by atoms with Crippen molar-refractivity contribution >= 4 is 23.6 Å². The van der Waals surface area contributed by atoms with Crippen LogP contribution >= 0.6 is 0 Å². The number of hydrogen-bond acceptors (Lipinski definition) is 8. The van der Waals surface area contributed by atoms with Crippen LogP contribution in [0, 0.1) is 17.3 Å². The van der Waals surface area contributed by atoms with Crippen molar-refractivity contribution < 1.29 is 28.6 Å². The minimum Gasteiger partial charge on any atom is -0.465 e. The van der Waals surface area contributed by atoms with Crippen molar-refractivity contribution in [3.8, 4) is 0 Å². The lowest BCUT2D eigenvalue weighted by Crippen LogP contribution is -2.37. The number of piperidine rings is 1. The molecule has 8 nitrogen and oxygen atoms in total. The SMILES string of the molecule is C=CCC(C)(CC)CCC(=O)OCC(COC(=O)CCCCCCC/C=C\C/C=C\CCCCC)COC(=O)C1CCN(c2ccncc2)CC1. The zero-order valence-electron chi connectivity index (χ0n) is 32.2. The van der Waals surface area contributed by atoms with Crippen molar-refractivity contribution in [3.63, 3.8) is 0 Å². The Kier molecular flexibility index (Phi) is 23.4. The normalized spacial score (nSPS) is 15.5. The summed E-state index contributed by atoms with van der Waals surface area (Å²) in [5.41, 5.74) is 1.10. The van der Waals surface area contributed by atoms with Gasteiger partial charge in [-0.1, -0.05) is 89.7 Å². The largest absolute Gasteiger partial charge is 0.465 e. The molecule has 51 heavy (non-hydrogen) atoms. The zero-order valence-corrected chi connectivity index (χ0v) is 32.2. The van der Waals surface area contributed by atoms with Crippen LogP contribution in [-0.2, 0) is 28.6 Å². The fourth-order valence-electron chi connectivity index (χ4n) is 6.21. The van der Waals surface area contributed by atoms with Crippen LogP contribution in [0.1, 0.15) is 136 Å². The molecule has 0 radical (unpaired) electrons. The molecule has 1 fully saturated rings. The van der Waals surface area contributed by atoms with E-state index >= 15 is 0 Å². The topological polar surface area (TPSA) is 95.0 Å². The van der Waals surface area contributed by atoms with E-state index in [1.165, 1.54) is 25.7 Å². The Morgan fingerprint density at radius 2 is 1.43 bits per heavy atom. The molecule has 2 rings (SSSR count). The summed E-state index contributed by atoms with van der Waals surface area (Å²) in [5, 5.41) is 0. The minimum absolute atomic E-state index is 0.0000196. The maximum absolute atomic E-state index is 13.0. The Hall–Kier alpha value is -3.42. The lowest BCUT2D eigenvalue weighted by atomic mass is 9.80. The Morgan fingerprint density at radius 1 is 0.843 bits per heavy atom. The molecule has 1 aliphatic rings. The number of hydrogen-bond donors (Lipinski definition) is 0. The Labute approximate surface area is 309 Å². The van der Waals surface area contributed by atoms with Crippen molar-refractivity contribution in [1.29, 1.82) is 0 Å². The van der Waals surface area contributed by atoms with E-state index in [9.17, 15) is 14.4 Å². The number of anilines is 1. The molecule has 8 heteroatoms. The van der Waals surface area contributed by atoms with Gasteiger partial charge in [-0.2, -0.15) is 0 Å². The van der Waals surface area contributed by atoms with Crippen LogP contribution in [0.2, 0.25) is 0 Å². The predicted molar refractivity (Wildman–Crippen MR) is 207 cm³/mol. The third-order valence-electron chi connectivity index (χ3n) is 10.0. The van der Waals surface area contributed by atoms with Gasteiger partial charge in [-0.3, -0.25) is 19.4 Å². The van der Waals surface area contributed by atoms with Gasteiger partial charge in [0.15, 0.2) is 0 Å². The molecule has 1 saturated heterocycles. The molecule has 0 spiro atoms. The lowest BCUT2D eigenvalue weighted by molar-refractivity contribution is -0.156. The number of ether oxygens (including phenoxy) is 3. The second kappa shape index (κ2) is 27.3. The van der Waals surface area contributed by atoms with Crippen LogP contribution in [0.4, 0.5) is 5.69 Å². The maximum Gasteiger partial charge on any atom is 0.309 e. The molecule has 0 N–H and O–H groups in total. The summed E-state index contributed by atoms with van der Waals surface area (Å²) in [6.07, 6.45) is 31.4. The third kappa shape index (κ3) is 20.3. The molecule has 286 valence electrons. The van der Waals surface area contributed by atoms with Crippen LogP contribution < -0.4 is 4.90 Å². The average molecular weight is 709 g/mol. The van der Waals surface area contributed by atoms with Gasteiger partial charge in [0, 0.05) is 44.0 Å².